The van der Waals surface area contributed by atoms with Gasteiger partial charge in [0.1, 0.15) is 5.82 Å². The minimum absolute atomic E-state index is 0.204. The van der Waals surface area contributed by atoms with Crippen molar-refractivity contribution in [1.29, 1.82) is 0 Å². The molecule has 1 aromatic heterocycles. The monoisotopic (exact) mass is 311 g/mol. The van der Waals surface area contributed by atoms with Gasteiger partial charge in [0.05, 0.1) is 17.9 Å². The molecule has 3 unspecified atom stereocenters. The largest absolute Gasteiger partial charge is 0.309 e. The van der Waals surface area contributed by atoms with E-state index in [9.17, 15) is 4.39 Å². The van der Waals surface area contributed by atoms with Crippen molar-refractivity contribution in [2.45, 2.75) is 43.7 Å². The van der Waals surface area contributed by atoms with Gasteiger partial charge >= 0.3 is 0 Å². The highest BCUT2D eigenvalue weighted by Crippen LogP contribution is 2.25. The van der Waals surface area contributed by atoms with Gasteiger partial charge in [-0.05, 0) is 25.1 Å². The third kappa shape index (κ3) is 5.24. The molecule has 0 amide bonds. The van der Waals surface area contributed by atoms with Crippen LogP contribution in [0.2, 0.25) is 0 Å². The Hall–Kier alpha value is -0.650. The SMILES string of the molecule is CCNC(CCN1CC(C)SC(C)C1)c1ccc(F)cn1. The Bertz CT molecular complexity index is 416. The van der Waals surface area contributed by atoms with Gasteiger partial charge in [-0.3, -0.25) is 4.98 Å². The number of pyridine rings is 1. The average molecular weight is 311 g/mol. The van der Waals surface area contributed by atoms with E-state index in [4.69, 9.17) is 0 Å². The number of nitrogens with one attached hydrogen (secondary N) is 1. The molecule has 21 heavy (non-hydrogen) atoms. The summed E-state index contributed by atoms with van der Waals surface area (Å²) >= 11 is 2.08. The second kappa shape index (κ2) is 8.11. The Balaban J connectivity index is 1.92. The third-order valence-corrected chi connectivity index (χ3v) is 5.01. The molecule has 1 aromatic rings. The minimum atomic E-state index is -0.273. The van der Waals surface area contributed by atoms with Crippen molar-refractivity contribution < 1.29 is 4.39 Å². The Morgan fingerprint density at radius 2 is 2.10 bits per heavy atom. The molecule has 0 saturated carbocycles. The third-order valence-electron chi connectivity index (χ3n) is 3.79. The predicted octanol–water partition coefficient (Wildman–Crippen LogP) is 3.09. The van der Waals surface area contributed by atoms with Crippen molar-refractivity contribution in [2.24, 2.45) is 0 Å². The van der Waals surface area contributed by atoms with E-state index in [0.29, 0.717) is 10.5 Å². The molecule has 2 heterocycles. The molecule has 1 aliphatic heterocycles. The second-order valence-corrected chi connectivity index (χ2v) is 7.70. The van der Waals surface area contributed by atoms with E-state index in [2.05, 4.69) is 47.7 Å². The van der Waals surface area contributed by atoms with Gasteiger partial charge < -0.3 is 10.2 Å². The van der Waals surface area contributed by atoms with E-state index in [1.54, 1.807) is 6.07 Å². The normalized spacial score (nSPS) is 25.0. The smallest absolute Gasteiger partial charge is 0.141 e. The standard InChI is InChI=1S/C16H26FN3S/c1-4-18-16(15-6-5-14(17)9-19-15)7-8-20-10-12(2)21-13(3)11-20/h5-6,9,12-13,16,18H,4,7-8,10-11H2,1-3H3. The van der Waals surface area contributed by atoms with Crippen LogP contribution in [0.3, 0.4) is 0 Å². The van der Waals surface area contributed by atoms with Crippen LogP contribution in [-0.2, 0) is 0 Å². The van der Waals surface area contributed by atoms with Crippen molar-refractivity contribution in [3.8, 4) is 0 Å². The van der Waals surface area contributed by atoms with E-state index in [1.165, 1.54) is 12.3 Å². The molecule has 1 fully saturated rings. The lowest BCUT2D eigenvalue weighted by molar-refractivity contribution is 0.253. The summed E-state index contributed by atoms with van der Waals surface area (Å²) in [7, 11) is 0. The first-order chi connectivity index (χ1) is 10.1. The van der Waals surface area contributed by atoms with Crippen LogP contribution in [0.15, 0.2) is 18.3 Å². The first-order valence-electron chi connectivity index (χ1n) is 7.81. The molecule has 118 valence electrons. The molecular formula is C16H26FN3S. The summed E-state index contributed by atoms with van der Waals surface area (Å²) in [5.74, 6) is -0.273. The van der Waals surface area contributed by atoms with Crippen LogP contribution in [0.1, 0.15) is 38.9 Å². The summed E-state index contributed by atoms with van der Waals surface area (Å²) < 4.78 is 13.0. The lowest BCUT2D eigenvalue weighted by Gasteiger charge is -2.35. The first-order valence-corrected chi connectivity index (χ1v) is 8.75. The van der Waals surface area contributed by atoms with E-state index in [0.717, 1.165) is 38.3 Å². The summed E-state index contributed by atoms with van der Waals surface area (Å²) in [5, 5.41) is 4.87. The number of aromatic nitrogens is 1. The molecule has 0 aliphatic carbocycles. The van der Waals surface area contributed by atoms with Gasteiger partial charge in [-0.1, -0.05) is 20.8 Å². The Morgan fingerprint density at radius 1 is 1.38 bits per heavy atom. The molecular weight excluding hydrogens is 285 g/mol. The number of hydrogen-bond acceptors (Lipinski definition) is 4. The van der Waals surface area contributed by atoms with Crippen molar-refractivity contribution in [3.05, 3.63) is 29.8 Å². The van der Waals surface area contributed by atoms with E-state index >= 15 is 0 Å². The highest BCUT2D eigenvalue weighted by Gasteiger charge is 2.23. The van der Waals surface area contributed by atoms with Crippen LogP contribution in [0, 0.1) is 5.82 Å². The van der Waals surface area contributed by atoms with Gasteiger partial charge in [0.2, 0.25) is 0 Å². The maximum Gasteiger partial charge on any atom is 0.141 e. The molecule has 1 N–H and O–H groups in total. The number of halogens is 1. The Kier molecular flexibility index (Phi) is 6.45. The highest BCUT2D eigenvalue weighted by atomic mass is 32.2. The number of hydrogen-bond donors (Lipinski definition) is 1. The van der Waals surface area contributed by atoms with Gasteiger partial charge in [0.25, 0.3) is 0 Å². The fourth-order valence-corrected chi connectivity index (χ4v) is 4.36. The van der Waals surface area contributed by atoms with Crippen molar-refractivity contribution >= 4 is 11.8 Å². The molecule has 1 saturated heterocycles. The van der Waals surface area contributed by atoms with Gasteiger partial charge in [-0.2, -0.15) is 11.8 Å². The summed E-state index contributed by atoms with van der Waals surface area (Å²) in [4.78, 5) is 6.77. The van der Waals surface area contributed by atoms with Crippen LogP contribution in [0.5, 0.6) is 0 Å². The fraction of sp³-hybridized carbons (Fsp3) is 0.688. The molecule has 0 aromatic carbocycles. The summed E-state index contributed by atoms with van der Waals surface area (Å²) in [6.45, 7) is 11.0. The van der Waals surface area contributed by atoms with Gasteiger partial charge in [0, 0.05) is 30.1 Å². The molecule has 5 heteroatoms. The fourth-order valence-electron chi connectivity index (χ4n) is 2.97. The second-order valence-electron chi connectivity index (χ2n) is 5.82. The lowest BCUT2D eigenvalue weighted by Crippen LogP contribution is -2.41. The lowest BCUT2D eigenvalue weighted by atomic mass is 10.1. The predicted molar refractivity (Wildman–Crippen MR) is 88.2 cm³/mol. The maximum atomic E-state index is 13.0. The molecule has 3 nitrogen and oxygen atoms in total. The zero-order valence-electron chi connectivity index (χ0n) is 13.2. The number of rotatable bonds is 6. The molecule has 3 atom stereocenters. The van der Waals surface area contributed by atoms with Crippen molar-refractivity contribution in [1.82, 2.24) is 15.2 Å². The minimum Gasteiger partial charge on any atom is -0.309 e. The van der Waals surface area contributed by atoms with E-state index in [-0.39, 0.29) is 11.9 Å². The zero-order valence-corrected chi connectivity index (χ0v) is 14.0. The van der Waals surface area contributed by atoms with Crippen LogP contribution < -0.4 is 5.32 Å². The van der Waals surface area contributed by atoms with Crippen LogP contribution in [0.25, 0.3) is 0 Å². The van der Waals surface area contributed by atoms with Crippen LogP contribution >= 0.6 is 11.8 Å². The summed E-state index contributed by atoms with van der Waals surface area (Å²) in [6.07, 6.45) is 2.32. The van der Waals surface area contributed by atoms with Gasteiger partial charge in [0.15, 0.2) is 0 Å². The molecule has 0 spiro atoms. The average Bonchev–Trinajstić information content (AvgIpc) is 2.43. The molecule has 0 bridgehead atoms. The van der Waals surface area contributed by atoms with Crippen LogP contribution in [0.4, 0.5) is 4.39 Å². The Labute approximate surface area is 131 Å². The summed E-state index contributed by atoms with van der Waals surface area (Å²) in [5.41, 5.74) is 0.936. The zero-order chi connectivity index (χ0) is 15.2. The van der Waals surface area contributed by atoms with Gasteiger partial charge in [-0.15, -0.1) is 0 Å². The molecule has 2 rings (SSSR count). The first kappa shape index (κ1) is 16.7. The quantitative estimate of drug-likeness (QED) is 0.874. The van der Waals surface area contributed by atoms with Crippen molar-refractivity contribution in [2.75, 3.05) is 26.2 Å². The van der Waals surface area contributed by atoms with Gasteiger partial charge in [-0.25, -0.2) is 4.39 Å². The molecule has 0 radical (unpaired) electrons. The van der Waals surface area contributed by atoms with E-state index < -0.39 is 0 Å². The van der Waals surface area contributed by atoms with Crippen LogP contribution in [-0.4, -0.2) is 46.6 Å². The maximum absolute atomic E-state index is 13.0. The number of thioether (sulfide) groups is 1. The van der Waals surface area contributed by atoms with E-state index in [1.807, 2.05) is 0 Å². The topological polar surface area (TPSA) is 28.2 Å². The summed E-state index contributed by atoms with van der Waals surface area (Å²) in [6, 6.07) is 3.49. The molecule has 1 aliphatic rings. The van der Waals surface area contributed by atoms with Crippen molar-refractivity contribution in [3.63, 3.8) is 0 Å². The highest BCUT2D eigenvalue weighted by molar-refractivity contribution is 8.00. The Morgan fingerprint density at radius 3 is 2.67 bits per heavy atom. The number of nitrogens with zero attached hydrogens (tertiary/aromatic N) is 2.